The van der Waals surface area contributed by atoms with Gasteiger partial charge in [-0.1, -0.05) is 20.8 Å². The first-order valence-electron chi connectivity index (χ1n) is 9.74. The number of hydrogen-bond acceptors (Lipinski definition) is 2. The highest BCUT2D eigenvalue weighted by molar-refractivity contribution is 5.76. The molecule has 2 heteroatoms. The van der Waals surface area contributed by atoms with Gasteiger partial charge in [0, 0.05) is 0 Å². The molecule has 2 nitrogen and oxygen atoms in total. The number of ether oxygens (including phenoxy) is 1. The van der Waals surface area contributed by atoms with Crippen LogP contribution in [-0.2, 0) is 9.53 Å². The van der Waals surface area contributed by atoms with Gasteiger partial charge < -0.3 is 4.74 Å². The zero-order chi connectivity index (χ0) is 17.5. The Balaban J connectivity index is 1.91. The first-order valence-corrected chi connectivity index (χ1v) is 9.74. The van der Waals surface area contributed by atoms with Crippen molar-refractivity contribution in [3.05, 3.63) is 0 Å². The van der Waals surface area contributed by atoms with E-state index in [1.54, 1.807) is 0 Å². The zero-order valence-electron chi connectivity index (χ0n) is 16.5. The van der Waals surface area contributed by atoms with Crippen molar-refractivity contribution in [3.8, 4) is 0 Å². The van der Waals surface area contributed by atoms with Gasteiger partial charge in [0.2, 0.25) is 0 Å². The van der Waals surface area contributed by atoms with Gasteiger partial charge in [-0.3, -0.25) is 4.79 Å². The normalized spacial score (nSPS) is 26.9. The fraction of sp³-hybridized carbons (Fsp3) is 0.952. The number of carbonyl (C=O) groups excluding carboxylic acids is 1. The second-order valence-corrected chi connectivity index (χ2v) is 9.87. The number of esters is 1. The van der Waals surface area contributed by atoms with Crippen molar-refractivity contribution in [3.63, 3.8) is 0 Å². The van der Waals surface area contributed by atoms with Crippen molar-refractivity contribution in [1.82, 2.24) is 0 Å². The Morgan fingerprint density at radius 3 is 1.61 bits per heavy atom. The van der Waals surface area contributed by atoms with Crippen molar-refractivity contribution in [1.29, 1.82) is 0 Å². The molecule has 134 valence electrons. The topological polar surface area (TPSA) is 26.3 Å². The van der Waals surface area contributed by atoms with Crippen LogP contribution in [0.25, 0.3) is 0 Å². The Morgan fingerprint density at radius 2 is 1.22 bits per heavy atom. The van der Waals surface area contributed by atoms with E-state index in [4.69, 9.17) is 4.74 Å². The monoisotopic (exact) mass is 322 g/mol. The maximum Gasteiger partial charge on any atom is 0.312 e. The Morgan fingerprint density at radius 1 is 0.826 bits per heavy atom. The Bertz CT molecular complexity index is 421. The lowest BCUT2D eigenvalue weighted by Gasteiger charge is -2.44. The van der Waals surface area contributed by atoms with Gasteiger partial charge in [-0.05, 0) is 95.8 Å². The molecule has 2 fully saturated rings. The summed E-state index contributed by atoms with van der Waals surface area (Å²) in [7, 11) is 0. The molecule has 0 N–H and O–H groups in total. The summed E-state index contributed by atoms with van der Waals surface area (Å²) in [6, 6.07) is 0. The lowest BCUT2D eigenvalue weighted by molar-refractivity contribution is -0.174. The molecule has 0 bridgehead atoms. The average molecular weight is 323 g/mol. The van der Waals surface area contributed by atoms with Crippen molar-refractivity contribution in [2.45, 2.75) is 99.0 Å². The zero-order valence-corrected chi connectivity index (χ0v) is 16.5. The lowest BCUT2D eigenvalue weighted by atomic mass is 9.64. The molecular weight excluding hydrogens is 284 g/mol. The molecule has 0 aromatic heterocycles. The fourth-order valence-corrected chi connectivity index (χ4v) is 4.30. The summed E-state index contributed by atoms with van der Waals surface area (Å²) in [6.07, 6.45) is 8.69. The fourth-order valence-electron chi connectivity index (χ4n) is 4.30. The Kier molecular flexibility index (Phi) is 5.24. The molecule has 2 aliphatic carbocycles. The van der Waals surface area contributed by atoms with Gasteiger partial charge in [0.1, 0.15) is 5.60 Å². The molecule has 0 unspecified atom stereocenters. The van der Waals surface area contributed by atoms with Crippen LogP contribution in [0.1, 0.15) is 93.4 Å². The van der Waals surface area contributed by atoms with Crippen molar-refractivity contribution < 1.29 is 9.53 Å². The molecule has 2 saturated carbocycles. The predicted octanol–water partition coefficient (Wildman–Crippen LogP) is 5.99. The summed E-state index contributed by atoms with van der Waals surface area (Å²) in [5, 5.41) is 0. The van der Waals surface area contributed by atoms with E-state index in [1.807, 2.05) is 13.8 Å². The summed E-state index contributed by atoms with van der Waals surface area (Å²) in [5.74, 6) is 2.28. The molecule has 0 amide bonds. The minimum Gasteiger partial charge on any atom is -0.459 e. The van der Waals surface area contributed by atoms with Crippen LogP contribution < -0.4 is 0 Å². The quantitative estimate of drug-likeness (QED) is 0.562. The van der Waals surface area contributed by atoms with Crippen molar-refractivity contribution in [2.24, 2.45) is 28.6 Å². The molecule has 0 radical (unpaired) electrons. The first kappa shape index (κ1) is 18.8. The standard InChI is InChI=1S/C21H38O2/c1-8-19(2,3)18(22)23-21(6,7)17-13-11-16(12-14-17)20(4,5)15-9-10-15/h15-17H,8-14H2,1-7H3. The lowest BCUT2D eigenvalue weighted by Crippen LogP contribution is -2.43. The van der Waals surface area contributed by atoms with Crippen LogP contribution in [0.15, 0.2) is 0 Å². The highest BCUT2D eigenvalue weighted by Gasteiger charge is 2.46. The van der Waals surface area contributed by atoms with Gasteiger partial charge in [0.05, 0.1) is 5.41 Å². The van der Waals surface area contributed by atoms with E-state index < -0.39 is 0 Å². The minimum atomic E-state index is -0.373. The molecule has 2 rings (SSSR count). The highest BCUT2D eigenvalue weighted by atomic mass is 16.6. The second kappa shape index (κ2) is 6.41. The Hall–Kier alpha value is -0.530. The largest absolute Gasteiger partial charge is 0.459 e. The molecule has 2 aliphatic rings. The molecule has 0 aromatic carbocycles. The number of hydrogen-bond donors (Lipinski definition) is 0. The third-order valence-electron chi connectivity index (χ3n) is 7.18. The molecule has 0 aromatic rings. The van der Waals surface area contributed by atoms with E-state index >= 15 is 0 Å². The van der Waals surface area contributed by atoms with Crippen LogP contribution in [0.3, 0.4) is 0 Å². The van der Waals surface area contributed by atoms with Gasteiger partial charge >= 0.3 is 5.97 Å². The maximum absolute atomic E-state index is 12.5. The minimum absolute atomic E-state index is 0.0366. The number of carbonyl (C=O) groups is 1. The predicted molar refractivity (Wildman–Crippen MR) is 96.2 cm³/mol. The first-order chi connectivity index (χ1) is 10.5. The second-order valence-electron chi connectivity index (χ2n) is 9.87. The molecule has 0 atom stereocenters. The van der Waals surface area contributed by atoms with E-state index in [2.05, 4.69) is 34.6 Å². The van der Waals surface area contributed by atoms with Gasteiger partial charge in [-0.2, -0.15) is 0 Å². The van der Waals surface area contributed by atoms with Crippen LogP contribution >= 0.6 is 0 Å². The Labute approximate surface area is 143 Å². The average Bonchev–Trinajstić information content (AvgIpc) is 3.32. The van der Waals surface area contributed by atoms with Crippen LogP contribution in [0.2, 0.25) is 0 Å². The molecule has 0 spiro atoms. The number of rotatable bonds is 6. The highest BCUT2D eigenvalue weighted by Crippen LogP contribution is 2.54. The van der Waals surface area contributed by atoms with Crippen molar-refractivity contribution >= 4 is 5.97 Å². The maximum atomic E-state index is 12.5. The van der Waals surface area contributed by atoms with Crippen LogP contribution in [0.4, 0.5) is 0 Å². The van der Waals surface area contributed by atoms with Crippen LogP contribution in [0.5, 0.6) is 0 Å². The molecule has 0 aliphatic heterocycles. The SMILES string of the molecule is CCC(C)(C)C(=O)OC(C)(C)C1CCC(C(C)(C)C2CC2)CC1. The molecule has 0 saturated heterocycles. The van der Waals surface area contributed by atoms with E-state index in [0.717, 1.165) is 18.3 Å². The van der Waals surface area contributed by atoms with Crippen LogP contribution in [0, 0.1) is 28.6 Å². The van der Waals surface area contributed by atoms with E-state index in [-0.39, 0.29) is 17.0 Å². The summed E-state index contributed by atoms with van der Waals surface area (Å²) in [5.41, 5.74) is -0.198. The van der Waals surface area contributed by atoms with Crippen molar-refractivity contribution in [2.75, 3.05) is 0 Å². The van der Waals surface area contributed by atoms with Gasteiger partial charge in [0.15, 0.2) is 0 Å². The smallest absolute Gasteiger partial charge is 0.312 e. The summed E-state index contributed by atoms with van der Waals surface area (Å²) < 4.78 is 5.97. The van der Waals surface area contributed by atoms with Gasteiger partial charge in [0.25, 0.3) is 0 Å². The van der Waals surface area contributed by atoms with E-state index in [1.165, 1.54) is 38.5 Å². The molecular formula is C21H38O2. The van der Waals surface area contributed by atoms with E-state index in [0.29, 0.717) is 11.3 Å². The third kappa shape index (κ3) is 4.12. The van der Waals surface area contributed by atoms with E-state index in [9.17, 15) is 4.79 Å². The van der Waals surface area contributed by atoms with Crippen LogP contribution in [-0.4, -0.2) is 11.6 Å². The van der Waals surface area contributed by atoms with Gasteiger partial charge in [-0.15, -0.1) is 0 Å². The van der Waals surface area contributed by atoms with Gasteiger partial charge in [-0.25, -0.2) is 0 Å². The molecule has 0 heterocycles. The summed E-state index contributed by atoms with van der Waals surface area (Å²) in [6.45, 7) is 15.2. The summed E-state index contributed by atoms with van der Waals surface area (Å²) >= 11 is 0. The summed E-state index contributed by atoms with van der Waals surface area (Å²) in [4.78, 5) is 12.5. The third-order valence-corrected chi connectivity index (χ3v) is 7.18. The molecule has 23 heavy (non-hydrogen) atoms.